The number of rotatable bonds is 1. The fraction of sp³-hybridized carbons (Fsp3) is 0.727. The van der Waals surface area contributed by atoms with Crippen molar-refractivity contribution in [3.8, 4) is 0 Å². The molecule has 0 aromatic heterocycles. The van der Waals surface area contributed by atoms with Gasteiger partial charge < -0.3 is 14.8 Å². The Morgan fingerprint density at radius 3 is 2.67 bits per heavy atom. The van der Waals surface area contributed by atoms with Crippen molar-refractivity contribution in [1.82, 2.24) is 10.2 Å². The molecule has 3 amide bonds. The smallest absolute Gasteiger partial charge is 0.325 e. The molecular weight excluding hydrogens is 240 g/mol. The number of carbonyl (C=O) groups excluding carboxylic acids is 3. The summed E-state index contributed by atoms with van der Waals surface area (Å²) in [6.45, 7) is 3.50. The van der Waals surface area contributed by atoms with Crippen LogP contribution >= 0.6 is 0 Å². The van der Waals surface area contributed by atoms with Crippen LogP contribution in [0.15, 0.2) is 0 Å². The summed E-state index contributed by atoms with van der Waals surface area (Å²) in [5.74, 6) is -0.557. The lowest BCUT2D eigenvalue weighted by molar-refractivity contribution is -0.159. The third kappa shape index (κ3) is 1.47. The van der Waals surface area contributed by atoms with Crippen molar-refractivity contribution in [2.75, 3.05) is 6.61 Å². The van der Waals surface area contributed by atoms with Gasteiger partial charge in [0.15, 0.2) is 5.78 Å². The molecule has 3 saturated heterocycles. The lowest BCUT2D eigenvalue weighted by atomic mass is 9.99. The van der Waals surface area contributed by atoms with Crippen molar-refractivity contribution in [3.05, 3.63) is 0 Å². The molecule has 7 heteroatoms. The van der Waals surface area contributed by atoms with E-state index in [-0.39, 0.29) is 24.7 Å². The molecule has 3 unspecified atom stereocenters. The molecule has 3 atom stereocenters. The number of hydrogen-bond donors (Lipinski definition) is 1. The molecule has 3 heterocycles. The fourth-order valence-electron chi connectivity index (χ4n) is 2.56. The quantitative estimate of drug-likeness (QED) is 0.631. The van der Waals surface area contributed by atoms with E-state index < -0.39 is 30.0 Å². The predicted molar refractivity (Wildman–Crippen MR) is 57.5 cm³/mol. The van der Waals surface area contributed by atoms with Crippen LogP contribution in [0.25, 0.3) is 0 Å². The number of nitrogens with one attached hydrogen (secondary N) is 1. The highest BCUT2D eigenvalue weighted by atomic mass is 16.7. The Labute approximate surface area is 103 Å². The topological polar surface area (TPSA) is 84.9 Å². The maximum atomic E-state index is 12.2. The number of urea groups is 1. The third-order valence-corrected chi connectivity index (χ3v) is 3.54. The minimum absolute atomic E-state index is 0.102. The number of hydrogen-bond acceptors (Lipinski definition) is 5. The van der Waals surface area contributed by atoms with E-state index in [4.69, 9.17) is 9.47 Å². The minimum Gasteiger partial charge on any atom is -0.343 e. The van der Waals surface area contributed by atoms with Gasteiger partial charge in [-0.3, -0.25) is 14.5 Å². The number of ether oxygens (including phenoxy) is 2. The van der Waals surface area contributed by atoms with Gasteiger partial charge in [-0.15, -0.1) is 0 Å². The highest BCUT2D eigenvalue weighted by molar-refractivity contribution is 6.07. The monoisotopic (exact) mass is 254 g/mol. The highest BCUT2D eigenvalue weighted by Crippen LogP contribution is 2.31. The number of Topliss-reactive ketones (excluding diaryl/α,β-unsaturated/α-hetero) is 1. The van der Waals surface area contributed by atoms with Crippen molar-refractivity contribution in [1.29, 1.82) is 0 Å². The van der Waals surface area contributed by atoms with Crippen molar-refractivity contribution >= 4 is 17.7 Å². The summed E-state index contributed by atoms with van der Waals surface area (Å²) in [5, 5.41) is 2.59. The molecule has 2 bridgehead atoms. The van der Waals surface area contributed by atoms with Gasteiger partial charge in [0.25, 0.3) is 5.91 Å². The Morgan fingerprint density at radius 2 is 2.06 bits per heavy atom. The Hall–Kier alpha value is -1.47. The largest absolute Gasteiger partial charge is 0.343 e. The van der Waals surface area contributed by atoms with E-state index in [1.165, 1.54) is 0 Å². The SMILES string of the molecule is CC1(C)NC(=O)N(C2CC(=O)C3OCC2O3)C1=O. The molecule has 0 aromatic rings. The van der Waals surface area contributed by atoms with Crippen LogP contribution in [0.5, 0.6) is 0 Å². The Kier molecular flexibility index (Phi) is 2.27. The molecule has 7 nitrogen and oxygen atoms in total. The molecule has 3 fully saturated rings. The van der Waals surface area contributed by atoms with Gasteiger partial charge in [-0.05, 0) is 13.8 Å². The van der Waals surface area contributed by atoms with Crippen molar-refractivity contribution in [2.24, 2.45) is 0 Å². The number of imide groups is 1. The number of nitrogens with zero attached hydrogens (tertiary/aromatic N) is 1. The number of carbonyl (C=O) groups is 3. The van der Waals surface area contributed by atoms with Gasteiger partial charge in [0.1, 0.15) is 11.6 Å². The first-order valence-corrected chi connectivity index (χ1v) is 5.86. The van der Waals surface area contributed by atoms with Gasteiger partial charge in [-0.1, -0.05) is 0 Å². The zero-order chi connectivity index (χ0) is 13.1. The Balaban J connectivity index is 1.89. The lowest BCUT2D eigenvalue weighted by Gasteiger charge is -2.32. The zero-order valence-corrected chi connectivity index (χ0v) is 10.1. The van der Waals surface area contributed by atoms with E-state index in [2.05, 4.69) is 5.32 Å². The van der Waals surface area contributed by atoms with Crippen LogP contribution in [0.1, 0.15) is 20.3 Å². The second kappa shape index (κ2) is 3.52. The van der Waals surface area contributed by atoms with Gasteiger partial charge >= 0.3 is 6.03 Å². The van der Waals surface area contributed by atoms with Gasteiger partial charge in [0.2, 0.25) is 6.29 Å². The van der Waals surface area contributed by atoms with E-state index >= 15 is 0 Å². The maximum Gasteiger partial charge on any atom is 0.325 e. The molecule has 0 aliphatic carbocycles. The van der Waals surface area contributed by atoms with Gasteiger partial charge in [-0.25, -0.2) is 4.79 Å². The summed E-state index contributed by atoms with van der Waals surface area (Å²) in [6.07, 6.45) is -1.12. The Morgan fingerprint density at radius 1 is 1.33 bits per heavy atom. The molecule has 3 aliphatic heterocycles. The number of fused-ring (bicyclic) bond motifs is 2. The van der Waals surface area contributed by atoms with Gasteiger partial charge in [-0.2, -0.15) is 0 Å². The van der Waals surface area contributed by atoms with E-state index in [1.54, 1.807) is 13.8 Å². The molecule has 0 saturated carbocycles. The maximum absolute atomic E-state index is 12.2. The van der Waals surface area contributed by atoms with E-state index in [9.17, 15) is 14.4 Å². The van der Waals surface area contributed by atoms with Crippen molar-refractivity contribution in [3.63, 3.8) is 0 Å². The van der Waals surface area contributed by atoms with Crippen LogP contribution in [-0.4, -0.2) is 53.2 Å². The molecule has 0 spiro atoms. The average Bonchev–Trinajstić information content (AvgIpc) is 2.77. The molecule has 3 rings (SSSR count). The van der Waals surface area contributed by atoms with Crippen LogP contribution in [-0.2, 0) is 19.1 Å². The average molecular weight is 254 g/mol. The molecule has 98 valence electrons. The summed E-state index contributed by atoms with van der Waals surface area (Å²) >= 11 is 0. The molecule has 0 radical (unpaired) electrons. The number of amides is 3. The summed E-state index contributed by atoms with van der Waals surface area (Å²) < 4.78 is 10.5. The molecule has 18 heavy (non-hydrogen) atoms. The summed E-state index contributed by atoms with van der Waals surface area (Å²) in [5.41, 5.74) is -0.934. The first-order chi connectivity index (χ1) is 8.40. The molecule has 1 N–H and O–H groups in total. The zero-order valence-electron chi connectivity index (χ0n) is 10.1. The van der Waals surface area contributed by atoms with Crippen molar-refractivity contribution in [2.45, 2.75) is 44.2 Å². The van der Waals surface area contributed by atoms with Crippen LogP contribution in [0.4, 0.5) is 4.79 Å². The van der Waals surface area contributed by atoms with Crippen LogP contribution in [0.3, 0.4) is 0 Å². The lowest BCUT2D eigenvalue weighted by Crippen LogP contribution is -2.53. The van der Waals surface area contributed by atoms with E-state index in [0.29, 0.717) is 0 Å². The van der Waals surface area contributed by atoms with E-state index in [0.717, 1.165) is 4.90 Å². The first-order valence-electron chi connectivity index (χ1n) is 5.86. The third-order valence-electron chi connectivity index (χ3n) is 3.54. The van der Waals surface area contributed by atoms with Crippen LogP contribution in [0, 0.1) is 0 Å². The highest BCUT2D eigenvalue weighted by Gasteiger charge is 2.54. The molecular formula is C11H14N2O5. The number of ketones is 1. The minimum atomic E-state index is -0.934. The van der Waals surface area contributed by atoms with Crippen LogP contribution < -0.4 is 5.32 Å². The van der Waals surface area contributed by atoms with E-state index in [1.807, 2.05) is 0 Å². The fourth-order valence-corrected chi connectivity index (χ4v) is 2.56. The second-order valence-electron chi connectivity index (χ2n) is 5.31. The van der Waals surface area contributed by atoms with Gasteiger partial charge in [0, 0.05) is 6.42 Å². The summed E-state index contributed by atoms with van der Waals surface area (Å²) in [6, 6.07) is -1.04. The summed E-state index contributed by atoms with van der Waals surface area (Å²) in [4.78, 5) is 36.8. The van der Waals surface area contributed by atoms with Gasteiger partial charge in [0.05, 0.1) is 12.6 Å². The normalized spacial score (nSPS) is 38.2. The second-order valence-corrected chi connectivity index (χ2v) is 5.31. The predicted octanol–water partition coefficient (Wildman–Crippen LogP) is -0.600. The first kappa shape index (κ1) is 11.6. The molecule has 3 aliphatic rings. The standard InChI is InChI=1S/C11H14N2O5/c1-11(2)9(15)13(10(16)12-11)5-3-6(14)8-17-4-7(5)18-8/h5,7-8H,3-4H2,1-2H3,(H,12,16). The van der Waals surface area contributed by atoms with Crippen molar-refractivity contribution < 1.29 is 23.9 Å². The Bertz CT molecular complexity index is 447. The van der Waals surface area contributed by atoms with Crippen LogP contribution in [0.2, 0.25) is 0 Å². The molecule has 0 aromatic carbocycles. The summed E-state index contributed by atoms with van der Waals surface area (Å²) in [7, 11) is 0.